The summed E-state index contributed by atoms with van der Waals surface area (Å²) in [5.74, 6) is 0. The van der Waals surface area contributed by atoms with E-state index in [1.165, 1.54) is 44.6 Å². The Kier molecular flexibility index (Phi) is 4.74. The van der Waals surface area contributed by atoms with E-state index in [1.807, 2.05) is 0 Å². The van der Waals surface area contributed by atoms with Gasteiger partial charge in [0.1, 0.15) is 0 Å². The molecular formula is C22H34N2. The van der Waals surface area contributed by atoms with Crippen LogP contribution in [0.2, 0.25) is 0 Å². The maximum absolute atomic E-state index is 4.93. The first-order chi connectivity index (χ1) is 10.9. The molecule has 0 spiro atoms. The zero-order valence-corrected chi connectivity index (χ0v) is 17.5. The number of rotatable bonds is 2. The van der Waals surface area contributed by atoms with E-state index in [0.717, 1.165) is 5.69 Å². The molecule has 0 N–H and O–H groups in total. The Morgan fingerprint density at radius 2 is 1.12 bits per heavy atom. The van der Waals surface area contributed by atoms with Crippen molar-refractivity contribution in [1.29, 1.82) is 0 Å². The lowest BCUT2D eigenvalue weighted by atomic mass is 9.80. The second kappa shape index (κ2) is 6.06. The number of nitrogens with zero attached hydrogens (tertiary/aromatic N) is 2. The van der Waals surface area contributed by atoms with Crippen LogP contribution in [0.25, 0.3) is 11.1 Å². The lowest BCUT2D eigenvalue weighted by Crippen LogP contribution is -2.21. The highest BCUT2D eigenvalue weighted by atomic mass is 15.3. The molecule has 0 aliphatic heterocycles. The van der Waals surface area contributed by atoms with Gasteiger partial charge in [0.05, 0.1) is 11.4 Å². The third-order valence-corrected chi connectivity index (χ3v) is 5.53. The lowest BCUT2D eigenvalue weighted by Gasteiger charge is -2.26. The highest BCUT2D eigenvalue weighted by Crippen LogP contribution is 2.42. The van der Waals surface area contributed by atoms with Gasteiger partial charge in [-0.1, -0.05) is 20.8 Å². The Morgan fingerprint density at radius 1 is 0.708 bits per heavy atom. The highest BCUT2D eigenvalue weighted by molar-refractivity contribution is 5.78. The Morgan fingerprint density at radius 3 is 1.50 bits per heavy atom. The van der Waals surface area contributed by atoms with Crippen LogP contribution in [0.3, 0.4) is 0 Å². The summed E-state index contributed by atoms with van der Waals surface area (Å²) in [6, 6.07) is 0.361. The number of aryl methyl sites for hydroxylation is 1. The third-order valence-electron chi connectivity index (χ3n) is 5.53. The van der Waals surface area contributed by atoms with Crippen LogP contribution in [0.4, 0.5) is 0 Å². The van der Waals surface area contributed by atoms with Crippen LogP contribution in [0, 0.1) is 41.5 Å². The Hall–Kier alpha value is -1.57. The van der Waals surface area contributed by atoms with Gasteiger partial charge in [0.2, 0.25) is 0 Å². The van der Waals surface area contributed by atoms with Crippen molar-refractivity contribution in [2.75, 3.05) is 0 Å². The molecule has 0 aliphatic rings. The van der Waals surface area contributed by atoms with Crippen LogP contribution < -0.4 is 0 Å². The van der Waals surface area contributed by atoms with Crippen molar-refractivity contribution in [3.8, 4) is 11.1 Å². The zero-order chi connectivity index (χ0) is 18.6. The van der Waals surface area contributed by atoms with E-state index < -0.39 is 0 Å². The molecule has 2 aromatic rings. The zero-order valence-electron chi connectivity index (χ0n) is 17.5. The Balaban J connectivity index is 3.00. The van der Waals surface area contributed by atoms with Crippen LogP contribution >= 0.6 is 0 Å². The molecule has 2 rings (SSSR count). The molecule has 1 aromatic carbocycles. The van der Waals surface area contributed by atoms with Crippen molar-refractivity contribution >= 4 is 0 Å². The van der Waals surface area contributed by atoms with Gasteiger partial charge in [-0.3, -0.25) is 4.68 Å². The van der Waals surface area contributed by atoms with Crippen LogP contribution in [0.1, 0.15) is 79.9 Å². The summed E-state index contributed by atoms with van der Waals surface area (Å²) in [4.78, 5) is 0. The molecule has 24 heavy (non-hydrogen) atoms. The van der Waals surface area contributed by atoms with Crippen molar-refractivity contribution in [2.45, 2.75) is 87.6 Å². The van der Waals surface area contributed by atoms with Crippen molar-refractivity contribution in [1.82, 2.24) is 9.78 Å². The molecule has 0 saturated heterocycles. The SMILES string of the molecule is Cc1nn(C(C)C)c(C(C)(C)C)c1-c1c(C)c(C)c(C)c(C)c1C. The topological polar surface area (TPSA) is 17.8 Å². The van der Waals surface area contributed by atoms with Gasteiger partial charge in [0, 0.05) is 17.0 Å². The smallest absolute Gasteiger partial charge is 0.0675 e. The minimum Gasteiger partial charge on any atom is -0.266 e. The van der Waals surface area contributed by atoms with E-state index >= 15 is 0 Å². The van der Waals surface area contributed by atoms with Crippen LogP contribution in [0.5, 0.6) is 0 Å². The number of hydrogen-bond acceptors (Lipinski definition) is 1. The van der Waals surface area contributed by atoms with Crippen molar-refractivity contribution in [3.05, 3.63) is 39.2 Å². The predicted octanol–water partition coefficient (Wildman–Crippen LogP) is 6.28. The van der Waals surface area contributed by atoms with Gasteiger partial charge < -0.3 is 0 Å². The molecule has 0 saturated carbocycles. The second-order valence-corrected chi connectivity index (χ2v) is 8.60. The van der Waals surface area contributed by atoms with Crippen LogP contribution in [-0.2, 0) is 5.41 Å². The normalized spacial score (nSPS) is 12.3. The number of benzene rings is 1. The van der Waals surface area contributed by atoms with E-state index in [-0.39, 0.29) is 5.41 Å². The average Bonchev–Trinajstić information content (AvgIpc) is 2.81. The standard InChI is InChI=1S/C22H34N2/c1-12(2)24-21(22(9,10)11)20(18(8)23-24)19-16(6)14(4)13(3)15(5)17(19)7/h12H,1-11H3. The third kappa shape index (κ3) is 2.81. The fourth-order valence-corrected chi connectivity index (χ4v) is 3.81. The molecule has 0 radical (unpaired) electrons. The van der Waals surface area contributed by atoms with Crippen molar-refractivity contribution in [3.63, 3.8) is 0 Å². The second-order valence-electron chi connectivity index (χ2n) is 8.60. The number of aromatic nitrogens is 2. The van der Waals surface area contributed by atoms with Gasteiger partial charge >= 0.3 is 0 Å². The molecule has 1 heterocycles. The average molecular weight is 327 g/mol. The summed E-state index contributed by atoms with van der Waals surface area (Å²) in [5.41, 5.74) is 12.3. The van der Waals surface area contributed by atoms with Crippen LogP contribution in [0.15, 0.2) is 0 Å². The van der Waals surface area contributed by atoms with E-state index in [9.17, 15) is 0 Å². The van der Waals surface area contributed by atoms with E-state index in [4.69, 9.17) is 5.10 Å². The van der Waals surface area contributed by atoms with Gasteiger partial charge in [-0.25, -0.2) is 0 Å². The minimum absolute atomic E-state index is 0.0481. The van der Waals surface area contributed by atoms with Gasteiger partial charge in [0.25, 0.3) is 0 Å². The summed E-state index contributed by atoms with van der Waals surface area (Å²) in [6.45, 7) is 24.8. The molecule has 0 aliphatic carbocycles. The maximum atomic E-state index is 4.93. The molecule has 1 aromatic heterocycles. The minimum atomic E-state index is 0.0481. The summed E-state index contributed by atoms with van der Waals surface area (Å²) in [5, 5.41) is 4.93. The van der Waals surface area contributed by atoms with E-state index in [0.29, 0.717) is 6.04 Å². The first-order valence-electron chi connectivity index (χ1n) is 9.06. The molecule has 2 heteroatoms. The van der Waals surface area contributed by atoms with Gasteiger partial charge in [-0.05, 0) is 88.8 Å². The molecule has 0 fully saturated rings. The lowest BCUT2D eigenvalue weighted by molar-refractivity contribution is 0.446. The molecular weight excluding hydrogens is 292 g/mol. The molecule has 0 unspecified atom stereocenters. The highest BCUT2D eigenvalue weighted by Gasteiger charge is 2.30. The molecule has 0 bridgehead atoms. The van der Waals surface area contributed by atoms with Crippen LogP contribution in [-0.4, -0.2) is 9.78 Å². The molecule has 2 nitrogen and oxygen atoms in total. The van der Waals surface area contributed by atoms with E-state index in [2.05, 4.69) is 80.8 Å². The summed E-state index contributed by atoms with van der Waals surface area (Å²) in [7, 11) is 0. The quantitative estimate of drug-likeness (QED) is 0.635. The van der Waals surface area contributed by atoms with Gasteiger partial charge in [-0.2, -0.15) is 5.10 Å². The maximum Gasteiger partial charge on any atom is 0.0675 e. The first kappa shape index (κ1) is 18.8. The first-order valence-corrected chi connectivity index (χ1v) is 9.06. The number of hydrogen-bond donors (Lipinski definition) is 0. The summed E-state index contributed by atoms with van der Waals surface area (Å²) < 4.78 is 2.23. The predicted molar refractivity (Wildman–Crippen MR) is 105 cm³/mol. The monoisotopic (exact) mass is 326 g/mol. The molecule has 132 valence electrons. The molecule has 0 amide bonds. The van der Waals surface area contributed by atoms with Gasteiger partial charge in [0.15, 0.2) is 0 Å². The van der Waals surface area contributed by atoms with E-state index in [1.54, 1.807) is 0 Å². The van der Waals surface area contributed by atoms with Crippen molar-refractivity contribution < 1.29 is 0 Å². The van der Waals surface area contributed by atoms with Crippen molar-refractivity contribution in [2.24, 2.45) is 0 Å². The summed E-state index contributed by atoms with van der Waals surface area (Å²) >= 11 is 0. The Labute approximate surface area is 148 Å². The fourth-order valence-electron chi connectivity index (χ4n) is 3.81. The summed E-state index contributed by atoms with van der Waals surface area (Å²) in [6.07, 6.45) is 0. The Bertz CT molecular complexity index is 755. The molecule has 0 atom stereocenters. The van der Waals surface area contributed by atoms with Gasteiger partial charge in [-0.15, -0.1) is 0 Å². The fraction of sp³-hybridized carbons (Fsp3) is 0.591. The largest absolute Gasteiger partial charge is 0.266 e.